The lowest BCUT2D eigenvalue weighted by Crippen LogP contribution is -2.35. The molecular weight excluding hydrogens is 330 g/mol. The zero-order valence-electron chi connectivity index (χ0n) is 14.0. The van der Waals surface area contributed by atoms with Gasteiger partial charge in [0.25, 0.3) is 5.91 Å². The molecule has 0 spiro atoms. The van der Waals surface area contributed by atoms with Crippen LogP contribution in [0.1, 0.15) is 29.3 Å². The first-order chi connectivity index (χ1) is 12.2. The van der Waals surface area contributed by atoms with Crippen molar-refractivity contribution in [2.75, 3.05) is 0 Å². The number of para-hydroxylation sites is 1. The molecule has 1 atom stereocenters. The fourth-order valence-electron chi connectivity index (χ4n) is 3.13. The standard InChI is InChI=1S/C20H19N3OS/c1-2-15(9-14-11-21-17-6-4-3-5-16(14)17)23-20(24)13-7-8-19-18(10-13)22-12-25-19/h3-8,10-12,15,21H,2,9H2,1H3,(H,23,24)/t15-/m1/s1. The van der Waals surface area contributed by atoms with Crippen molar-refractivity contribution in [1.82, 2.24) is 15.3 Å². The van der Waals surface area contributed by atoms with Crippen LogP contribution in [-0.2, 0) is 6.42 Å². The highest BCUT2D eigenvalue weighted by Crippen LogP contribution is 2.21. The summed E-state index contributed by atoms with van der Waals surface area (Å²) in [6.07, 6.45) is 3.73. The number of carbonyl (C=O) groups is 1. The predicted molar refractivity (Wildman–Crippen MR) is 103 cm³/mol. The second-order valence-corrected chi connectivity index (χ2v) is 7.06. The van der Waals surface area contributed by atoms with Crippen molar-refractivity contribution < 1.29 is 4.79 Å². The molecular formula is C20H19N3OS. The molecule has 4 nitrogen and oxygen atoms in total. The number of benzene rings is 2. The van der Waals surface area contributed by atoms with Gasteiger partial charge in [-0.15, -0.1) is 11.3 Å². The summed E-state index contributed by atoms with van der Waals surface area (Å²) in [5.74, 6) is -0.0402. The summed E-state index contributed by atoms with van der Waals surface area (Å²) in [6, 6.07) is 14.0. The van der Waals surface area contributed by atoms with E-state index in [2.05, 4.69) is 34.3 Å². The molecule has 0 fully saturated rings. The largest absolute Gasteiger partial charge is 0.361 e. The smallest absolute Gasteiger partial charge is 0.251 e. The summed E-state index contributed by atoms with van der Waals surface area (Å²) in [5, 5.41) is 4.39. The van der Waals surface area contributed by atoms with E-state index in [0.717, 1.165) is 28.6 Å². The third-order valence-electron chi connectivity index (χ3n) is 4.56. The van der Waals surface area contributed by atoms with Crippen molar-refractivity contribution >= 4 is 38.4 Å². The summed E-state index contributed by atoms with van der Waals surface area (Å²) in [4.78, 5) is 20.2. The van der Waals surface area contributed by atoms with Gasteiger partial charge in [-0.1, -0.05) is 25.1 Å². The zero-order chi connectivity index (χ0) is 17.2. The van der Waals surface area contributed by atoms with E-state index >= 15 is 0 Å². The Balaban J connectivity index is 1.52. The van der Waals surface area contributed by atoms with Gasteiger partial charge in [-0.25, -0.2) is 4.98 Å². The van der Waals surface area contributed by atoms with Crippen LogP contribution < -0.4 is 5.32 Å². The van der Waals surface area contributed by atoms with Gasteiger partial charge in [0.1, 0.15) is 0 Å². The minimum atomic E-state index is -0.0402. The van der Waals surface area contributed by atoms with Crippen molar-refractivity contribution in [3.8, 4) is 0 Å². The Morgan fingerprint density at radius 1 is 1.28 bits per heavy atom. The fraction of sp³-hybridized carbons (Fsp3) is 0.200. The molecule has 0 bridgehead atoms. The zero-order valence-corrected chi connectivity index (χ0v) is 14.8. The van der Waals surface area contributed by atoms with Crippen molar-refractivity contribution in [3.05, 3.63) is 65.3 Å². The molecule has 2 aromatic carbocycles. The number of amides is 1. The fourth-order valence-corrected chi connectivity index (χ4v) is 3.79. The van der Waals surface area contributed by atoms with E-state index in [0.29, 0.717) is 5.56 Å². The Bertz CT molecular complexity index is 1030. The minimum absolute atomic E-state index is 0.0402. The number of H-pyrrole nitrogens is 1. The first-order valence-electron chi connectivity index (χ1n) is 8.43. The van der Waals surface area contributed by atoms with Crippen LogP contribution in [-0.4, -0.2) is 21.9 Å². The Hall–Kier alpha value is -2.66. The molecule has 4 rings (SSSR count). The molecule has 2 N–H and O–H groups in total. The molecule has 0 aliphatic carbocycles. The van der Waals surface area contributed by atoms with E-state index in [1.54, 1.807) is 16.8 Å². The molecule has 2 aromatic heterocycles. The van der Waals surface area contributed by atoms with Crippen LogP contribution in [0.25, 0.3) is 21.1 Å². The van der Waals surface area contributed by atoms with Gasteiger partial charge in [0, 0.05) is 28.7 Å². The molecule has 0 saturated heterocycles. The van der Waals surface area contributed by atoms with Crippen LogP contribution in [0.4, 0.5) is 0 Å². The van der Waals surface area contributed by atoms with Gasteiger partial charge in [0.05, 0.1) is 15.7 Å². The van der Waals surface area contributed by atoms with Gasteiger partial charge in [0.15, 0.2) is 0 Å². The van der Waals surface area contributed by atoms with Crippen molar-refractivity contribution in [2.24, 2.45) is 0 Å². The SMILES string of the molecule is CC[C@H](Cc1c[nH]c2ccccc12)NC(=O)c1ccc2scnc2c1. The number of fused-ring (bicyclic) bond motifs is 2. The minimum Gasteiger partial charge on any atom is -0.361 e. The van der Waals surface area contributed by atoms with Crippen molar-refractivity contribution in [3.63, 3.8) is 0 Å². The second-order valence-electron chi connectivity index (χ2n) is 6.18. The molecule has 126 valence electrons. The lowest BCUT2D eigenvalue weighted by atomic mass is 10.0. The molecule has 0 aliphatic heterocycles. The van der Waals surface area contributed by atoms with Crippen LogP contribution in [0.2, 0.25) is 0 Å². The first-order valence-corrected chi connectivity index (χ1v) is 9.31. The molecule has 0 saturated carbocycles. The van der Waals surface area contributed by atoms with Gasteiger partial charge in [-0.05, 0) is 42.7 Å². The van der Waals surface area contributed by atoms with Gasteiger partial charge < -0.3 is 10.3 Å². The maximum atomic E-state index is 12.6. The molecule has 4 aromatic rings. The van der Waals surface area contributed by atoms with Crippen molar-refractivity contribution in [2.45, 2.75) is 25.8 Å². The van der Waals surface area contributed by atoms with E-state index < -0.39 is 0 Å². The number of nitrogens with zero attached hydrogens (tertiary/aromatic N) is 1. The van der Waals surface area contributed by atoms with E-state index in [1.165, 1.54) is 10.9 Å². The van der Waals surface area contributed by atoms with Gasteiger partial charge >= 0.3 is 0 Å². The number of hydrogen-bond acceptors (Lipinski definition) is 3. The number of hydrogen-bond donors (Lipinski definition) is 2. The Morgan fingerprint density at radius 2 is 2.16 bits per heavy atom. The molecule has 25 heavy (non-hydrogen) atoms. The lowest BCUT2D eigenvalue weighted by molar-refractivity contribution is 0.0936. The maximum absolute atomic E-state index is 12.6. The van der Waals surface area contributed by atoms with E-state index in [4.69, 9.17) is 0 Å². The third kappa shape index (κ3) is 3.15. The molecule has 5 heteroatoms. The highest BCUT2D eigenvalue weighted by atomic mass is 32.1. The summed E-state index contributed by atoms with van der Waals surface area (Å²) >= 11 is 1.58. The Morgan fingerprint density at radius 3 is 3.04 bits per heavy atom. The van der Waals surface area contributed by atoms with Crippen molar-refractivity contribution in [1.29, 1.82) is 0 Å². The summed E-state index contributed by atoms with van der Waals surface area (Å²) in [5.41, 5.74) is 5.71. The van der Waals surface area contributed by atoms with E-state index in [9.17, 15) is 4.79 Å². The Kier molecular flexibility index (Phi) is 4.24. The number of thiazole rings is 1. The van der Waals surface area contributed by atoms with Gasteiger partial charge in [0.2, 0.25) is 0 Å². The molecule has 0 radical (unpaired) electrons. The number of aromatic nitrogens is 2. The average Bonchev–Trinajstić information content (AvgIpc) is 3.27. The predicted octanol–water partition coefficient (Wildman–Crippen LogP) is 4.53. The van der Waals surface area contributed by atoms with Crippen LogP contribution in [0, 0.1) is 0 Å². The third-order valence-corrected chi connectivity index (χ3v) is 5.37. The first kappa shape index (κ1) is 15.8. The van der Waals surface area contributed by atoms with Gasteiger partial charge in [-0.2, -0.15) is 0 Å². The van der Waals surface area contributed by atoms with E-state index in [1.807, 2.05) is 36.5 Å². The quantitative estimate of drug-likeness (QED) is 0.556. The van der Waals surface area contributed by atoms with Crippen LogP contribution >= 0.6 is 11.3 Å². The highest BCUT2D eigenvalue weighted by Gasteiger charge is 2.15. The number of rotatable bonds is 5. The number of carbonyl (C=O) groups excluding carboxylic acids is 1. The van der Waals surface area contributed by atoms with E-state index in [-0.39, 0.29) is 11.9 Å². The molecule has 0 unspecified atom stereocenters. The maximum Gasteiger partial charge on any atom is 0.251 e. The average molecular weight is 349 g/mol. The molecule has 2 heterocycles. The summed E-state index contributed by atoms with van der Waals surface area (Å²) < 4.78 is 1.10. The van der Waals surface area contributed by atoms with Crippen LogP contribution in [0.5, 0.6) is 0 Å². The number of aromatic amines is 1. The normalized spacial score (nSPS) is 12.5. The lowest BCUT2D eigenvalue weighted by Gasteiger charge is -2.17. The highest BCUT2D eigenvalue weighted by molar-refractivity contribution is 7.16. The molecule has 0 aliphatic rings. The summed E-state index contributed by atoms with van der Waals surface area (Å²) in [6.45, 7) is 2.10. The van der Waals surface area contributed by atoms with Gasteiger partial charge in [-0.3, -0.25) is 4.79 Å². The summed E-state index contributed by atoms with van der Waals surface area (Å²) in [7, 11) is 0. The Labute approximate surface area is 149 Å². The number of nitrogens with one attached hydrogen (secondary N) is 2. The topological polar surface area (TPSA) is 57.8 Å². The second kappa shape index (κ2) is 6.69. The van der Waals surface area contributed by atoms with Crippen LogP contribution in [0.15, 0.2) is 54.2 Å². The molecule has 1 amide bonds. The monoisotopic (exact) mass is 349 g/mol. The van der Waals surface area contributed by atoms with Crippen LogP contribution in [0.3, 0.4) is 0 Å².